The van der Waals surface area contributed by atoms with Gasteiger partial charge in [0, 0.05) is 31.9 Å². The van der Waals surface area contributed by atoms with Gasteiger partial charge < -0.3 is 9.88 Å². The molecule has 0 spiro atoms. The molecule has 1 aromatic carbocycles. The van der Waals surface area contributed by atoms with Gasteiger partial charge in [-0.05, 0) is 31.0 Å². The second-order valence-electron chi connectivity index (χ2n) is 4.80. The highest BCUT2D eigenvalue weighted by Crippen LogP contribution is 2.10. The van der Waals surface area contributed by atoms with E-state index in [1.54, 1.807) is 0 Å². The van der Waals surface area contributed by atoms with Crippen molar-refractivity contribution in [2.75, 3.05) is 6.54 Å². The van der Waals surface area contributed by atoms with Gasteiger partial charge in [-0.3, -0.25) is 0 Å². The van der Waals surface area contributed by atoms with Crippen LogP contribution in [0.1, 0.15) is 37.2 Å². The average Bonchev–Trinajstić information content (AvgIpc) is 2.87. The van der Waals surface area contributed by atoms with Crippen LogP contribution in [-0.2, 0) is 19.5 Å². The molecule has 3 heteroatoms. The summed E-state index contributed by atoms with van der Waals surface area (Å²) < 4.78 is 2.20. The number of imidazole rings is 1. The fourth-order valence-electron chi connectivity index (χ4n) is 2.24. The number of aromatic nitrogens is 2. The Morgan fingerprint density at radius 3 is 2.84 bits per heavy atom. The third-order valence-electron chi connectivity index (χ3n) is 3.25. The summed E-state index contributed by atoms with van der Waals surface area (Å²) in [5.74, 6) is 1.14. The van der Waals surface area contributed by atoms with E-state index in [9.17, 15) is 0 Å². The van der Waals surface area contributed by atoms with Crippen molar-refractivity contribution in [3.05, 3.63) is 53.6 Å². The van der Waals surface area contributed by atoms with E-state index >= 15 is 0 Å². The van der Waals surface area contributed by atoms with Crippen LogP contribution in [0.4, 0.5) is 0 Å². The van der Waals surface area contributed by atoms with Crippen molar-refractivity contribution in [1.82, 2.24) is 14.9 Å². The lowest BCUT2D eigenvalue weighted by Gasteiger charge is -2.08. The minimum atomic E-state index is 0.905. The summed E-state index contributed by atoms with van der Waals surface area (Å²) in [5, 5.41) is 3.44. The highest BCUT2D eigenvalue weighted by molar-refractivity contribution is 5.26. The molecular formula is C16H23N3. The van der Waals surface area contributed by atoms with Crippen LogP contribution >= 0.6 is 0 Å². The molecule has 0 aliphatic carbocycles. The Kier molecular flexibility index (Phi) is 5.16. The topological polar surface area (TPSA) is 29.9 Å². The fraction of sp³-hybridized carbons (Fsp3) is 0.438. The molecule has 102 valence electrons. The maximum atomic E-state index is 4.43. The Morgan fingerprint density at radius 1 is 1.21 bits per heavy atom. The summed E-state index contributed by atoms with van der Waals surface area (Å²) in [6.45, 7) is 7.34. The zero-order valence-electron chi connectivity index (χ0n) is 11.9. The van der Waals surface area contributed by atoms with Gasteiger partial charge in [0.1, 0.15) is 5.82 Å². The molecule has 0 saturated heterocycles. The van der Waals surface area contributed by atoms with Gasteiger partial charge in [-0.25, -0.2) is 4.98 Å². The second kappa shape index (κ2) is 7.10. The first kappa shape index (κ1) is 13.8. The molecular weight excluding hydrogens is 234 g/mol. The van der Waals surface area contributed by atoms with Gasteiger partial charge in [0.25, 0.3) is 0 Å². The van der Waals surface area contributed by atoms with Gasteiger partial charge in [-0.2, -0.15) is 0 Å². The molecule has 0 amide bonds. The number of hydrogen-bond donors (Lipinski definition) is 1. The van der Waals surface area contributed by atoms with E-state index in [4.69, 9.17) is 0 Å². The standard InChI is InChI=1S/C16H23N3/c1-3-8-17-13-15-7-5-6-14(11-15)12-16-18-9-10-19(16)4-2/h5-7,9-11,17H,3-4,8,12-13H2,1-2H3. The van der Waals surface area contributed by atoms with Crippen LogP contribution in [0.25, 0.3) is 0 Å². The largest absolute Gasteiger partial charge is 0.335 e. The summed E-state index contributed by atoms with van der Waals surface area (Å²) in [6.07, 6.45) is 6.00. The third-order valence-corrected chi connectivity index (χ3v) is 3.25. The van der Waals surface area contributed by atoms with Crippen molar-refractivity contribution in [2.24, 2.45) is 0 Å². The Labute approximate surface area is 115 Å². The van der Waals surface area contributed by atoms with Crippen LogP contribution in [0.2, 0.25) is 0 Å². The van der Waals surface area contributed by atoms with Crippen molar-refractivity contribution < 1.29 is 0 Å². The molecule has 0 bridgehead atoms. The average molecular weight is 257 g/mol. The van der Waals surface area contributed by atoms with Crippen molar-refractivity contribution in [2.45, 2.75) is 39.8 Å². The Balaban J connectivity index is 2.02. The minimum absolute atomic E-state index is 0.905. The number of nitrogens with zero attached hydrogens (tertiary/aromatic N) is 2. The third kappa shape index (κ3) is 3.93. The van der Waals surface area contributed by atoms with Crippen molar-refractivity contribution in [3.63, 3.8) is 0 Å². The predicted octanol–water partition coefficient (Wildman–Crippen LogP) is 2.99. The zero-order chi connectivity index (χ0) is 13.5. The van der Waals surface area contributed by atoms with Crippen LogP contribution in [0, 0.1) is 0 Å². The molecule has 0 atom stereocenters. The molecule has 0 radical (unpaired) electrons. The first-order chi connectivity index (χ1) is 9.33. The van der Waals surface area contributed by atoms with Crippen molar-refractivity contribution in [3.8, 4) is 0 Å². The predicted molar refractivity (Wildman–Crippen MR) is 79.1 cm³/mol. The summed E-state index contributed by atoms with van der Waals surface area (Å²) in [4.78, 5) is 4.43. The molecule has 0 aliphatic heterocycles. The van der Waals surface area contributed by atoms with E-state index in [0.717, 1.165) is 31.9 Å². The van der Waals surface area contributed by atoms with E-state index in [0.29, 0.717) is 0 Å². The first-order valence-corrected chi connectivity index (χ1v) is 7.12. The van der Waals surface area contributed by atoms with E-state index in [2.05, 4.69) is 53.0 Å². The smallest absolute Gasteiger partial charge is 0.113 e. The molecule has 1 N–H and O–H groups in total. The van der Waals surface area contributed by atoms with Gasteiger partial charge in [-0.1, -0.05) is 31.2 Å². The molecule has 2 aromatic rings. The van der Waals surface area contributed by atoms with E-state index in [-0.39, 0.29) is 0 Å². The lowest BCUT2D eigenvalue weighted by atomic mass is 10.1. The monoisotopic (exact) mass is 257 g/mol. The number of benzene rings is 1. The van der Waals surface area contributed by atoms with Crippen molar-refractivity contribution >= 4 is 0 Å². The van der Waals surface area contributed by atoms with Crippen LogP contribution in [0.15, 0.2) is 36.7 Å². The molecule has 1 heterocycles. The van der Waals surface area contributed by atoms with Gasteiger partial charge in [0.15, 0.2) is 0 Å². The highest BCUT2D eigenvalue weighted by Gasteiger charge is 2.03. The maximum absolute atomic E-state index is 4.43. The molecule has 19 heavy (non-hydrogen) atoms. The number of aryl methyl sites for hydroxylation is 1. The first-order valence-electron chi connectivity index (χ1n) is 7.12. The van der Waals surface area contributed by atoms with Crippen LogP contribution in [-0.4, -0.2) is 16.1 Å². The number of hydrogen-bond acceptors (Lipinski definition) is 2. The van der Waals surface area contributed by atoms with Gasteiger partial charge in [0.05, 0.1) is 0 Å². The molecule has 1 aromatic heterocycles. The van der Waals surface area contributed by atoms with E-state index < -0.39 is 0 Å². The van der Waals surface area contributed by atoms with Gasteiger partial charge >= 0.3 is 0 Å². The summed E-state index contributed by atoms with van der Waals surface area (Å²) in [6, 6.07) is 8.77. The van der Waals surface area contributed by atoms with E-state index in [1.807, 2.05) is 12.4 Å². The van der Waals surface area contributed by atoms with Gasteiger partial charge in [-0.15, -0.1) is 0 Å². The van der Waals surface area contributed by atoms with Crippen molar-refractivity contribution in [1.29, 1.82) is 0 Å². The Hall–Kier alpha value is -1.61. The number of rotatable bonds is 7. The highest BCUT2D eigenvalue weighted by atomic mass is 15.0. The van der Waals surface area contributed by atoms with Crippen LogP contribution < -0.4 is 5.32 Å². The molecule has 3 nitrogen and oxygen atoms in total. The molecule has 0 saturated carbocycles. The summed E-state index contributed by atoms with van der Waals surface area (Å²) >= 11 is 0. The number of nitrogens with one attached hydrogen (secondary N) is 1. The second-order valence-corrected chi connectivity index (χ2v) is 4.80. The maximum Gasteiger partial charge on any atom is 0.113 e. The van der Waals surface area contributed by atoms with Crippen LogP contribution in [0.5, 0.6) is 0 Å². The zero-order valence-corrected chi connectivity index (χ0v) is 11.9. The lowest BCUT2D eigenvalue weighted by Crippen LogP contribution is -2.13. The molecule has 2 rings (SSSR count). The summed E-state index contributed by atoms with van der Waals surface area (Å²) in [7, 11) is 0. The lowest BCUT2D eigenvalue weighted by molar-refractivity contribution is 0.674. The Morgan fingerprint density at radius 2 is 2.05 bits per heavy atom. The van der Waals surface area contributed by atoms with Gasteiger partial charge in [0.2, 0.25) is 0 Å². The molecule has 0 fully saturated rings. The SMILES string of the molecule is CCCNCc1cccc(Cc2nccn2CC)c1. The quantitative estimate of drug-likeness (QED) is 0.773. The van der Waals surface area contributed by atoms with Crippen LogP contribution in [0.3, 0.4) is 0 Å². The molecule has 0 unspecified atom stereocenters. The fourth-order valence-corrected chi connectivity index (χ4v) is 2.24. The minimum Gasteiger partial charge on any atom is -0.335 e. The molecule has 0 aliphatic rings. The summed E-state index contributed by atoms with van der Waals surface area (Å²) in [5.41, 5.74) is 2.68. The normalized spacial score (nSPS) is 10.8. The Bertz CT molecular complexity index is 502. The van der Waals surface area contributed by atoms with E-state index in [1.165, 1.54) is 17.5 Å².